The van der Waals surface area contributed by atoms with E-state index in [1.165, 1.54) is 10.5 Å². The number of hydrogen-bond donors (Lipinski definition) is 3. The Kier molecular flexibility index (Phi) is 6.30. The van der Waals surface area contributed by atoms with Gasteiger partial charge in [0.05, 0.1) is 5.94 Å². The molecule has 8 heteroatoms. The molecule has 0 aromatic heterocycles. The minimum atomic E-state index is -1.59. The molecule has 0 aliphatic carbocycles. The number of carbonyl (C=O) groups is 2. The topological polar surface area (TPSA) is 93.1 Å². The molecule has 7 nitrogen and oxygen atoms in total. The minimum Gasteiger partial charge on any atom is -0.426 e. The maximum Gasteiger partial charge on any atom is 0.475 e. The summed E-state index contributed by atoms with van der Waals surface area (Å²) in [6.07, 6.45) is 1.30. The van der Waals surface area contributed by atoms with Crippen LogP contribution in [0.3, 0.4) is 0 Å². The number of nitrogens with zero attached hydrogens (tertiary/aromatic N) is 2. The predicted octanol–water partition coefficient (Wildman–Crippen LogP) is 1.03. The number of benzene rings is 1. The molecule has 1 aromatic rings. The van der Waals surface area contributed by atoms with Gasteiger partial charge in [0.15, 0.2) is 0 Å². The zero-order chi connectivity index (χ0) is 20.4. The summed E-state index contributed by atoms with van der Waals surface area (Å²) >= 11 is 0. The molecular weight excluding hydrogens is 357 g/mol. The van der Waals surface area contributed by atoms with Gasteiger partial charge >= 0.3 is 13.1 Å². The van der Waals surface area contributed by atoms with Gasteiger partial charge in [0.1, 0.15) is 6.04 Å². The summed E-state index contributed by atoms with van der Waals surface area (Å²) in [4.78, 5) is 29.0. The number of likely N-dealkylation sites (tertiary alicyclic amines) is 1. The highest BCUT2D eigenvalue weighted by molar-refractivity contribution is 6.43. The molecule has 3 atom stereocenters. The molecule has 1 fully saturated rings. The Balaban J connectivity index is 1.65. The van der Waals surface area contributed by atoms with Crippen LogP contribution < -0.4 is 5.32 Å². The monoisotopic (exact) mass is 387 g/mol. The highest BCUT2D eigenvalue weighted by atomic mass is 16.4. The van der Waals surface area contributed by atoms with Gasteiger partial charge in [-0.05, 0) is 29.9 Å². The van der Waals surface area contributed by atoms with Crippen LogP contribution in [-0.2, 0) is 17.8 Å². The van der Waals surface area contributed by atoms with E-state index in [4.69, 9.17) is 0 Å². The Bertz CT molecular complexity index is 727. The van der Waals surface area contributed by atoms with Gasteiger partial charge in [0.25, 0.3) is 0 Å². The third kappa shape index (κ3) is 4.33. The number of urea groups is 1. The van der Waals surface area contributed by atoms with Gasteiger partial charge in [-0.25, -0.2) is 4.79 Å². The fourth-order valence-corrected chi connectivity index (χ4v) is 4.22. The van der Waals surface area contributed by atoms with Gasteiger partial charge in [0.2, 0.25) is 5.91 Å². The van der Waals surface area contributed by atoms with E-state index in [0.717, 1.165) is 12.0 Å². The molecule has 3 N–H and O–H groups in total. The van der Waals surface area contributed by atoms with Crippen LogP contribution in [0.4, 0.5) is 4.79 Å². The molecule has 152 valence electrons. The summed E-state index contributed by atoms with van der Waals surface area (Å²) in [6, 6.07) is 7.20. The van der Waals surface area contributed by atoms with Crippen molar-refractivity contribution in [3.8, 4) is 0 Å². The molecule has 0 radical (unpaired) electrons. The molecule has 1 saturated heterocycles. The second-order valence-corrected chi connectivity index (χ2v) is 8.45. The van der Waals surface area contributed by atoms with Gasteiger partial charge in [-0.3, -0.25) is 4.79 Å². The second-order valence-electron chi connectivity index (χ2n) is 8.45. The molecule has 1 aromatic carbocycles. The third-order valence-corrected chi connectivity index (χ3v) is 5.76. The van der Waals surface area contributed by atoms with Crippen molar-refractivity contribution in [3.63, 3.8) is 0 Å². The highest BCUT2D eigenvalue weighted by Gasteiger charge is 2.45. The molecule has 2 heterocycles. The number of rotatable bonds is 5. The van der Waals surface area contributed by atoms with E-state index in [1.54, 1.807) is 4.90 Å². The van der Waals surface area contributed by atoms with Crippen molar-refractivity contribution in [1.82, 2.24) is 15.1 Å². The summed E-state index contributed by atoms with van der Waals surface area (Å²) in [7, 11) is -1.59. The number of nitrogens with one attached hydrogen (secondary N) is 1. The molecule has 3 amide bonds. The first-order valence-corrected chi connectivity index (χ1v) is 10.1. The molecule has 2 aliphatic rings. The average Bonchev–Trinajstić information content (AvgIpc) is 2.93. The molecule has 0 saturated carbocycles. The van der Waals surface area contributed by atoms with E-state index < -0.39 is 19.1 Å². The van der Waals surface area contributed by atoms with Crippen LogP contribution in [0.5, 0.6) is 0 Å². The van der Waals surface area contributed by atoms with E-state index in [2.05, 4.69) is 11.4 Å². The summed E-state index contributed by atoms with van der Waals surface area (Å²) < 4.78 is 0. The zero-order valence-electron chi connectivity index (χ0n) is 16.8. The van der Waals surface area contributed by atoms with Crippen molar-refractivity contribution < 1.29 is 19.6 Å². The standard InChI is InChI=1S/C20H30BN3O4/c1-13(2)10-17(21(27)28)24-11-14(3)18(19(24)25)22-20(26)23-9-8-15-6-4-5-7-16(15)12-23/h4-7,13-14,17-18,27-28H,8-12H2,1-3H3,(H,22,26)/t14-,17-,18-/m0/s1. The lowest BCUT2D eigenvalue weighted by Crippen LogP contribution is -2.53. The first kappa shape index (κ1) is 20.7. The maximum atomic E-state index is 12.9. The van der Waals surface area contributed by atoms with E-state index in [1.807, 2.05) is 39.0 Å². The second kappa shape index (κ2) is 8.53. The van der Waals surface area contributed by atoms with Crippen LogP contribution in [-0.4, -0.2) is 64.0 Å². The Labute approximate surface area is 166 Å². The molecular formula is C20H30BN3O4. The van der Waals surface area contributed by atoms with Crippen molar-refractivity contribution in [2.24, 2.45) is 11.8 Å². The third-order valence-electron chi connectivity index (χ3n) is 5.76. The summed E-state index contributed by atoms with van der Waals surface area (Å²) in [5.74, 6) is -0.769. The van der Waals surface area contributed by atoms with Crippen LogP contribution in [0.1, 0.15) is 38.3 Å². The number of fused-ring (bicyclic) bond motifs is 1. The lowest BCUT2D eigenvalue weighted by molar-refractivity contribution is -0.130. The summed E-state index contributed by atoms with van der Waals surface area (Å²) in [5.41, 5.74) is 2.40. The van der Waals surface area contributed by atoms with Gasteiger partial charge in [0, 0.05) is 25.6 Å². The minimum absolute atomic E-state index is 0.0954. The zero-order valence-corrected chi connectivity index (χ0v) is 16.8. The Morgan fingerprint density at radius 3 is 2.61 bits per heavy atom. The summed E-state index contributed by atoms with van der Waals surface area (Å²) in [6.45, 7) is 7.42. The molecule has 3 rings (SSSR count). The van der Waals surface area contributed by atoms with Crippen molar-refractivity contribution in [2.45, 2.75) is 52.1 Å². The molecule has 0 unspecified atom stereocenters. The van der Waals surface area contributed by atoms with Crippen molar-refractivity contribution >= 4 is 19.1 Å². The maximum absolute atomic E-state index is 12.9. The van der Waals surface area contributed by atoms with Gasteiger partial charge in [-0.2, -0.15) is 0 Å². The van der Waals surface area contributed by atoms with Crippen LogP contribution in [0, 0.1) is 11.8 Å². The number of hydrogen-bond acceptors (Lipinski definition) is 4. The summed E-state index contributed by atoms with van der Waals surface area (Å²) in [5, 5.41) is 22.4. The van der Waals surface area contributed by atoms with Crippen LogP contribution in [0.15, 0.2) is 24.3 Å². The smallest absolute Gasteiger partial charge is 0.426 e. The fourth-order valence-electron chi connectivity index (χ4n) is 4.22. The first-order valence-electron chi connectivity index (χ1n) is 10.1. The van der Waals surface area contributed by atoms with E-state index in [0.29, 0.717) is 26.1 Å². The van der Waals surface area contributed by atoms with Crippen LogP contribution >= 0.6 is 0 Å². The Morgan fingerprint density at radius 2 is 1.96 bits per heavy atom. The van der Waals surface area contributed by atoms with Gasteiger partial charge in [-0.15, -0.1) is 0 Å². The highest BCUT2D eigenvalue weighted by Crippen LogP contribution is 2.25. The van der Waals surface area contributed by atoms with Gasteiger partial charge < -0.3 is 25.2 Å². The first-order chi connectivity index (χ1) is 13.3. The van der Waals surface area contributed by atoms with Crippen LogP contribution in [0.25, 0.3) is 0 Å². The van der Waals surface area contributed by atoms with Crippen molar-refractivity contribution in [3.05, 3.63) is 35.4 Å². The number of amides is 3. The molecule has 0 bridgehead atoms. The lowest BCUT2D eigenvalue weighted by atomic mass is 9.74. The average molecular weight is 387 g/mol. The fraction of sp³-hybridized carbons (Fsp3) is 0.600. The van der Waals surface area contributed by atoms with Crippen LogP contribution in [0.2, 0.25) is 0 Å². The van der Waals surface area contributed by atoms with E-state index >= 15 is 0 Å². The molecule has 0 spiro atoms. The lowest BCUT2D eigenvalue weighted by Gasteiger charge is -2.31. The SMILES string of the molecule is CC(C)C[C@@H](B(O)O)N1C[C@H](C)[C@H](NC(=O)N2CCc3ccccc3C2)C1=O. The Morgan fingerprint density at radius 1 is 1.29 bits per heavy atom. The Hall–Kier alpha value is -2.06. The van der Waals surface area contributed by atoms with E-state index in [-0.39, 0.29) is 23.8 Å². The quantitative estimate of drug-likeness (QED) is 0.658. The van der Waals surface area contributed by atoms with E-state index in [9.17, 15) is 19.6 Å². The number of carbonyl (C=O) groups excluding carboxylic acids is 2. The normalized spacial score (nSPS) is 23.0. The van der Waals surface area contributed by atoms with Gasteiger partial charge in [-0.1, -0.05) is 45.0 Å². The van der Waals surface area contributed by atoms with Crippen molar-refractivity contribution in [2.75, 3.05) is 13.1 Å². The largest absolute Gasteiger partial charge is 0.475 e. The molecule has 2 aliphatic heterocycles. The van der Waals surface area contributed by atoms with Crippen molar-refractivity contribution in [1.29, 1.82) is 0 Å². The predicted molar refractivity (Wildman–Crippen MR) is 107 cm³/mol. The molecule has 28 heavy (non-hydrogen) atoms.